The molecule has 1 nitrogen and oxygen atoms in total. The molecular formula is C14H27N. The van der Waals surface area contributed by atoms with E-state index in [0.717, 1.165) is 24.3 Å². The van der Waals surface area contributed by atoms with Crippen LogP contribution >= 0.6 is 0 Å². The highest BCUT2D eigenvalue weighted by atomic mass is 14.6. The van der Waals surface area contributed by atoms with E-state index in [1.807, 2.05) is 0 Å². The molecule has 0 amide bonds. The third-order valence-corrected chi connectivity index (χ3v) is 5.37. The van der Waals surface area contributed by atoms with Gasteiger partial charge < -0.3 is 5.73 Å². The zero-order chi connectivity index (χ0) is 11.3. The van der Waals surface area contributed by atoms with Crippen LogP contribution in [0.25, 0.3) is 0 Å². The number of hydrogen-bond acceptors (Lipinski definition) is 1. The molecule has 15 heavy (non-hydrogen) atoms. The Bertz CT molecular complexity index is 240. The largest absolute Gasteiger partial charge is 0.330 e. The van der Waals surface area contributed by atoms with Gasteiger partial charge in [-0.1, -0.05) is 27.7 Å². The quantitative estimate of drug-likeness (QED) is 0.757. The van der Waals surface area contributed by atoms with Gasteiger partial charge in [-0.2, -0.15) is 0 Å². The maximum absolute atomic E-state index is 5.85. The van der Waals surface area contributed by atoms with Crippen LogP contribution < -0.4 is 5.73 Å². The number of fused-ring (bicyclic) bond motifs is 2. The van der Waals surface area contributed by atoms with Crippen LogP contribution in [0.3, 0.4) is 0 Å². The lowest BCUT2D eigenvalue weighted by Crippen LogP contribution is -2.53. The highest BCUT2D eigenvalue weighted by Gasteiger charge is 2.54. The molecule has 3 aliphatic carbocycles. The minimum absolute atomic E-state index is 0.350. The molecule has 2 N–H and O–H groups in total. The topological polar surface area (TPSA) is 26.0 Å². The molecule has 0 aromatic heterocycles. The molecule has 2 bridgehead atoms. The van der Waals surface area contributed by atoms with Gasteiger partial charge in [0.05, 0.1) is 0 Å². The Morgan fingerprint density at radius 3 is 2.40 bits per heavy atom. The summed E-state index contributed by atoms with van der Waals surface area (Å²) in [5, 5.41) is 0. The SMILES string of the molecule is CC(C)(CN)CC1CCC2CC1C2(C)C. The van der Waals surface area contributed by atoms with Gasteiger partial charge in [-0.05, 0) is 60.8 Å². The summed E-state index contributed by atoms with van der Waals surface area (Å²) in [5.41, 5.74) is 6.83. The Labute approximate surface area is 94.8 Å². The number of hydrogen-bond donors (Lipinski definition) is 1. The Balaban J connectivity index is 2.00. The summed E-state index contributed by atoms with van der Waals surface area (Å²) < 4.78 is 0. The fraction of sp³-hybridized carbons (Fsp3) is 1.00. The summed E-state index contributed by atoms with van der Waals surface area (Å²) in [6.07, 6.45) is 5.76. The Morgan fingerprint density at radius 1 is 1.27 bits per heavy atom. The minimum atomic E-state index is 0.350. The first-order valence-corrected chi connectivity index (χ1v) is 6.57. The third-order valence-electron chi connectivity index (χ3n) is 5.37. The Kier molecular flexibility index (Phi) is 2.65. The van der Waals surface area contributed by atoms with Gasteiger partial charge in [-0.15, -0.1) is 0 Å². The molecule has 3 unspecified atom stereocenters. The molecule has 0 aromatic rings. The predicted molar refractivity (Wildman–Crippen MR) is 65.6 cm³/mol. The molecule has 3 atom stereocenters. The van der Waals surface area contributed by atoms with Crippen molar-refractivity contribution in [3.05, 3.63) is 0 Å². The van der Waals surface area contributed by atoms with E-state index in [1.54, 1.807) is 0 Å². The molecule has 1 heteroatoms. The Morgan fingerprint density at radius 2 is 1.93 bits per heavy atom. The summed E-state index contributed by atoms with van der Waals surface area (Å²) in [5.74, 6) is 2.96. The summed E-state index contributed by atoms with van der Waals surface area (Å²) in [6.45, 7) is 10.4. The molecule has 0 heterocycles. The predicted octanol–water partition coefficient (Wildman–Crippen LogP) is 3.43. The monoisotopic (exact) mass is 209 g/mol. The average Bonchev–Trinajstić information content (AvgIpc) is 2.17. The second-order valence-corrected chi connectivity index (χ2v) is 7.27. The molecule has 88 valence electrons. The minimum Gasteiger partial charge on any atom is -0.330 e. The van der Waals surface area contributed by atoms with Crippen molar-refractivity contribution in [3.8, 4) is 0 Å². The zero-order valence-electron chi connectivity index (χ0n) is 10.8. The molecular weight excluding hydrogens is 182 g/mol. The number of nitrogens with two attached hydrogens (primary N) is 1. The van der Waals surface area contributed by atoms with Gasteiger partial charge in [0.15, 0.2) is 0 Å². The standard InChI is InChI=1S/C14H27N/c1-13(2,9-15)8-10-5-6-11-7-12(10)14(11,3)4/h10-12H,5-9,15H2,1-4H3. The van der Waals surface area contributed by atoms with E-state index < -0.39 is 0 Å². The summed E-state index contributed by atoms with van der Waals surface area (Å²) >= 11 is 0. The van der Waals surface area contributed by atoms with Crippen molar-refractivity contribution < 1.29 is 0 Å². The van der Waals surface area contributed by atoms with Crippen molar-refractivity contribution in [2.75, 3.05) is 6.54 Å². The first-order valence-electron chi connectivity index (χ1n) is 6.57. The van der Waals surface area contributed by atoms with Crippen molar-refractivity contribution in [1.29, 1.82) is 0 Å². The van der Waals surface area contributed by atoms with Crippen LogP contribution in [0, 0.1) is 28.6 Å². The summed E-state index contributed by atoms with van der Waals surface area (Å²) in [4.78, 5) is 0. The summed E-state index contributed by atoms with van der Waals surface area (Å²) in [7, 11) is 0. The fourth-order valence-corrected chi connectivity index (χ4v) is 4.00. The average molecular weight is 209 g/mol. The van der Waals surface area contributed by atoms with E-state index in [9.17, 15) is 0 Å². The van der Waals surface area contributed by atoms with E-state index in [2.05, 4.69) is 27.7 Å². The smallest absolute Gasteiger partial charge is 0.00257 e. The van der Waals surface area contributed by atoms with Gasteiger partial charge in [0, 0.05) is 0 Å². The third kappa shape index (κ3) is 1.84. The van der Waals surface area contributed by atoms with Crippen LogP contribution in [0.4, 0.5) is 0 Å². The van der Waals surface area contributed by atoms with E-state index in [0.29, 0.717) is 10.8 Å². The molecule has 0 aliphatic heterocycles. The lowest BCUT2D eigenvalue weighted by molar-refractivity contribution is -0.113. The number of rotatable bonds is 3. The molecule has 0 radical (unpaired) electrons. The van der Waals surface area contributed by atoms with E-state index in [-0.39, 0.29) is 0 Å². The van der Waals surface area contributed by atoms with Gasteiger partial charge in [0.1, 0.15) is 0 Å². The van der Waals surface area contributed by atoms with Gasteiger partial charge in [-0.25, -0.2) is 0 Å². The van der Waals surface area contributed by atoms with Crippen LogP contribution in [-0.2, 0) is 0 Å². The van der Waals surface area contributed by atoms with Crippen LogP contribution in [0.15, 0.2) is 0 Å². The lowest BCUT2D eigenvalue weighted by atomic mass is 9.44. The van der Waals surface area contributed by atoms with Crippen LogP contribution in [0.5, 0.6) is 0 Å². The molecule has 3 aliphatic rings. The van der Waals surface area contributed by atoms with Gasteiger partial charge in [-0.3, -0.25) is 0 Å². The van der Waals surface area contributed by atoms with Crippen LogP contribution in [0.1, 0.15) is 53.4 Å². The maximum atomic E-state index is 5.85. The molecule has 0 aromatic carbocycles. The molecule has 3 rings (SSSR count). The maximum Gasteiger partial charge on any atom is -0.00257 e. The molecule has 0 spiro atoms. The lowest BCUT2D eigenvalue weighted by Gasteiger charge is -2.61. The molecule has 0 saturated heterocycles. The highest BCUT2D eigenvalue weighted by molar-refractivity contribution is 5.03. The van der Waals surface area contributed by atoms with Crippen molar-refractivity contribution in [2.24, 2.45) is 34.3 Å². The van der Waals surface area contributed by atoms with Crippen molar-refractivity contribution in [2.45, 2.75) is 53.4 Å². The van der Waals surface area contributed by atoms with Gasteiger partial charge in [0.2, 0.25) is 0 Å². The second-order valence-electron chi connectivity index (χ2n) is 7.27. The van der Waals surface area contributed by atoms with E-state index >= 15 is 0 Å². The van der Waals surface area contributed by atoms with Crippen LogP contribution in [0.2, 0.25) is 0 Å². The normalized spacial score (nSPS) is 38.6. The van der Waals surface area contributed by atoms with Crippen molar-refractivity contribution in [3.63, 3.8) is 0 Å². The van der Waals surface area contributed by atoms with Crippen LogP contribution in [-0.4, -0.2) is 6.54 Å². The summed E-state index contributed by atoms with van der Waals surface area (Å²) in [6, 6.07) is 0. The van der Waals surface area contributed by atoms with Gasteiger partial charge >= 0.3 is 0 Å². The van der Waals surface area contributed by atoms with Gasteiger partial charge in [0.25, 0.3) is 0 Å². The molecule has 3 saturated carbocycles. The zero-order valence-corrected chi connectivity index (χ0v) is 10.8. The fourth-order valence-electron chi connectivity index (χ4n) is 4.00. The van der Waals surface area contributed by atoms with Crippen molar-refractivity contribution in [1.82, 2.24) is 0 Å². The Hall–Kier alpha value is -0.0400. The first-order chi connectivity index (χ1) is 6.87. The second kappa shape index (κ2) is 3.48. The van der Waals surface area contributed by atoms with Crippen molar-refractivity contribution >= 4 is 0 Å². The van der Waals surface area contributed by atoms with E-state index in [4.69, 9.17) is 5.73 Å². The van der Waals surface area contributed by atoms with E-state index in [1.165, 1.54) is 25.7 Å². The highest BCUT2D eigenvalue weighted by Crippen LogP contribution is 2.62. The first kappa shape index (κ1) is 11.4. The molecule has 3 fully saturated rings.